The highest BCUT2D eigenvalue weighted by Gasteiger charge is 2.49. The minimum Gasteiger partial charge on any atom is -0.458 e. The molecular weight excluding hydrogens is 515 g/mol. The van der Waals surface area contributed by atoms with E-state index in [0.29, 0.717) is 0 Å². The summed E-state index contributed by atoms with van der Waals surface area (Å²) < 4.78 is 13.1. The first-order valence-electron chi connectivity index (χ1n) is 14.6. The van der Waals surface area contributed by atoms with Crippen molar-refractivity contribution in [2.24, 2.45) is 4.99 Å². The van der Waals surface area contributed by atoms with Crippen LogP contribution in [0.5, 0.6) is 23.0 Å². The molecule has 0 bridgehead atoms. The van der Waals surface area contributed by atoms with E-state index in [1.54, 1.807) is 0 Å². The lowest BCUT2D eigenvalue weighted by Crippen LogP contribution is -2.57. The SMILES string of the molecule is CC1(C)N=C(c2cccc(-c3cc4c5c(c3)Oc3ccccc3B5c3ccccc3O4)c2)N(c2ccccc2)C1(C)C. The standard InChI is InChI=1S/C37H31BN2O2/c1-36(2)37(3,4)40(27-15-6-5-7-16-27)35(39-36)25-14-12-13-24(21-25)26-22-32-34-33(23-26)42-31-20-11-9-18-29(31)38(34)28-17-8-10-19-30(28)41-32/h5-23H,1-4H3. The summed E-state index contributed by atoms with van der Waals surface area (Å²) in [6, 6.07) is 40.2. The molecule has 0 radical (unpaired) electrons. The Hall–Kier alpha value is -4.77. The van der Waals surface area contributed by atoms with Crippen molar-refractivity contribution in [1.29, 1.82) is 0 Å². The maximum absolute atomic E-state index is 6.55. The average molecular weight is 546 g/mol. The van der Waals surface area contributed by atoms with Gasteiger partial charge in [0.05, 0.1) is 11.1 Å². The van der Waals surface area contributed by atoms with Crippen molar-refractivity contribution in [2.45, 2.75) is 38.8 Å². The van der Waals surface area contributed by atoms with Gasteiger partial charge in [0.1, 0.15) is 28.8 Å². The van der Waals surface area contributed by atoms with E-state index in [9.17, 15) is 0 Å². The zero-order chi connectivity index (χ0) is 28.6. The number of para-hydroxylation sites is 3. The van der Waals surface area contributed by atoms with Gasteiger partial charge in [0.15, 0.2) is 0 Å². The quantitative estimate of drug-likeness (QED) is 0.226. The summed E-state index contributed by atoms with van der Waals surface area (Å²) in [6.45, 7) is 9.05. The van der Waals surface area contributed by atoms with E-state index in [4.69, 9.17) is 14.5 Å². The Labute approximate surface area is 247 Å². The maximum atomic E-state index is 6.55. The topological polar surface area (TPSA) is 34.1 Å². The summed E-state index contributed by atoms with van der Waals surface area (Å²) in [5.74, 6) is 4.46. The van der Waals surface area contributed by atoms with Crippen LogP contribution in [0.1, 0.15) is 33.3 Å². The largest absolute Gasteiger partial charge is 0.458 e. The normalized spacial score (nSPS) is 16.9. The molecule has 3 heterocycles. The zero-order valence-electron chi connectivity index (χ0n) is 24.3. The van der Waals surface area contributed by atoms with Gasteiger partial charge in [0.2, 0.25) is 0 Å². The molecule has 42 heavy (non-hydrogen) atoms. The van der Waals surface area contributed by atoms with Crippen LogP contribution in [0.3, 0.4) is 0 Å². The number of aliphatic imine (C=N–C) groups is 1. The van der Waals surface area contributed by atoms with E-state index in [0.717, 1.165) is 56.7 Å². The van der Waals surface area contributed by atoms with E-state index in [-0.39, 0.29) is 17.8 Å². The Bertz CT molecular complexity index is 1840. The minimum atomic E-state index is -0.276. The number of rotatable bonds is 3. The molecule has 5 heteroatoms. The van der Waals surface area contributed by atoms with Crippen LogP contribution in [0.25, 0.3) is 11.1 Å². The zero-order valence-corrected chi connectivity index (χ0v) is 24.3. The van der Waals surface area contributed by atoms with Crippen LogP contribution in [-0.2, 0) is 0 Å². The number of nitrogens with zero attached hydrogens (tertiary/aromatic N) is 2. The Morgan fingerprint density at radius 1 is 0.571 bits per heavy atom. The Kier molecular flexibility index (Phi) is 5.27. The van der Waals surface area contributed by atoms with E-state index in [1.165, 1.54) is 10.9 Å². The highest BCUT2D eigenvalue weighted by atomic mass is 16.5. The predicted octanol–water partition coefficient (Wildman–Crippen LogP) is 6.91. The molecule has 204 valence electrons. The van der Waals surface area contributed by atoms with Crippen LogP contribution in [0.2, 0.25) is 0 Å². The Morgan fingerprint density at radius 2 is 1.14 bits per heavy atom. The molecule has 5 aromatic carbocycles. The lowest BCUT2D eigenvalue weighted by molar-refractivity contribution is 0.338. The Balaban J connectivity index is 1.26. The summed E-state index contributed by atoms with van der Waals surface area (Å²) in [4.78, 5) is 7.68. The summed E-state index contributed by atoms with van der Waals surface area (Å²) in [6.07, 6.45) is 0. The molecule has 0 amide bonds. The monoisotopic (exact) mass is 546 g/mol. The van der Waals surface area contributed by atoms with E-state index < -0.39 is 0 Å². The van der Waals surface area contributed by atoms with Crippen molar-refractivity contribution < 1.29 is 9.47 Å². The Morgan fingerprint density at radius 3 is 1.79 bits per heavy atom. The van der Waals surface area contributed by atoms with Gasteiger partial charge in [-0.1, -0.05) is 72.8 Å². The van der Waals surface area contributed by atoms with Crippen molar-refractivity contribution in [2.75, 3.05) is 4.90 Å². The first kappa shape index (κ1) is 25.0. The van der Waals surface area contributed by atoms with Crippen molar-refractivity contribution in [3.63, 3.8) is 0 Å². The van der Waals surface area contributed by atoms with Crippen LogP contribution >= 0.6 is 0 Å². The fourth-order valence-corrected chi connectivity index (χ4v) is 6.60. The molecule has 0 saturated heterocycles. The van der Waals surface area contributed by atoms with Gasteiger partial charge in [0.25, 0.3) is 6.71 Å². The third-order valence-corrected chi connectivity index (χ3v) is 9.41. The van der Waals surface area contributed by atoms with Crippen molar-refractivity contribution in [3.8, 4) is 34.1 Å². The molecule has 5 aromatic rings. The van der Waals surface area contributed by atoms with Crippen LogP contribution in [0.4, 0.5) is 5.69 Å². The average Bonchev–Trinajstić information content (AvgIpc) is 3.20. The molecule has 0 aromatic heterocycles. The fraction of sp³-hybridized carbons (Fsp3) is 0.162. The molecule has 0 N–H and O–H groups in total. The van der Waals surface area contributed by atoms with Crippen LogP contribution in [0, 0.1) is 0 Å². The molecule has 0 spiro atoms. The van der Waals surface area contributed by atoms with Gasteiger partial charge < -0.3 is 14.4 Å². The molecular formula is C37H31BN2O2. The fourth-order valence-electron chi connectivity index (χ4n) is 6.60. The summed E-state index contributed by atoms with van der Waals surface area (Å²) in [5, 5.41) is 0. The van der Waals surface area contributed by atoms with Gasteiger partial charge >= 0.3 is 0 Å². The van der Waals surface area contributed by atoms with Gasteiger partial charge in [-0.2, -0.15) is 0 Å². The smallest absolute Gasteiger partial charge is 0.260 e. The van der Waals surface area contributed by atoms with E-state index >= 15 is 0 Å². The highest BCUT2D eigenvalue weighted by Crippen LogP contribution is 2.43. The molecule has 0 fully saturated rings. The molecule has 4 nitrogen and oxygen atoms in total. The molecule has 3 aliphatic rings. The number of fused-ring (bicyclic) bond motifs is 4. The summed E-state index contributed by atoms with van der Waals surface area (Å²) >= 11 is 0. The third kappa shape index (κ3) is 3.59. The lowest BCUT2D eigenvalue weighted by Gasteiger charge is -2.41. The van der Waals surface area contributed by atoms with Crippen molar-refractivity contribution >= 4 is 34.6 Å². The van der Waals surface area contributed by atoms with E-state index in [1.807, 2.05) is 12.1 Å². The highest BCUT2D eigenvalue weighted by molar-refractivity contribution is 6.98. The molecule has 3 aliphatic heterocycles. The van der Waals surface area contributed by atoms with Crippen LogP contribution in [-0.4, -0.2) is 23.6 Å². The van der Waals surface area contributed by atoms with E-state index in [2.05, 4.69) is 136 Å². The number of amidine groups is 1. The second-order valence-electron chi connectivity index (χ2n) is 12.4. The summed E-state index contributed by atoms with van der Waals surface area (Å²) in [7, 11) is 0. The molecule has 8 rings (SSSR count). The van der Waals surface area contributed by atoms with Gasteiger partial charge in [0, 0.05) is 16.7 Å². The van der Waals surface area contributed by atoms with Gasteiger partial charge in [-0.3, -0.25) is 4.99 Å². The molecule has 0 saturated carbocycles. The minimum absolute atomic E-state index is 0.0713. The lowest BCUT2D eigenvalue weighted by atomic mass is 9.35. The van der Waals surface area contributed by atoms with Gasteiger partial charge in [-0.25, -0.2) is 0 Å². The van der Waals surface area contributed by atoms with Crippen LogP contribution < -0.4 is 30.8 Å². The number of hydrogen-bond donors (Lipinski definition) is 0. The summed E-state index contributed by atoms with van der Waals surface area (Å²) in [5.41, 5.74) is 7.29. The van der Waals surface area contributed by atoms with Gasteiger partial charge in [-0.05, 0) is 92.2 Å². The number of anilines is 1. The number of benzene rings is 5. The molecule has 0 aliphatic carbocycles. The molecule has 0 atom stereocenters. The van der Waals surface area contributed by atoms with Gasteiger partial charge in [-0.15, -0.1) is 0 Å². The first-order valence-corrected chi connectivity index (χ1v) is 14.6. The van der Waals surface area contributed by atoms with Crippen LogP contribution in [0.15, 0.2) is 120 Å². The maximum Gasteiger partial charge on any atom is 0.260 e. The third-order valence-electron chi connectivity index (χ3n) is 9.41. The van der Waals surface area contributed by atoms with Crippen molar-refractivity contribution in [3.05, 3.63) is 121 Å². The van der Waals surface area contributed by atoms with Crippen molar-refractivity contribution in [1.82, 2.24) is 0 Å². The predicted molar refractivity (Wildman–Crippen MR) is 173 cm³/mol. The second kappa shape index (κ2) is 8.87. The number of hydrogen-bond acceptors (Lipinski definition) is 4. The molecule has 0 unspecified atom stereocenters. The second-order valence-corrected chi connectivity index (χ2v) is 12.4. The number of ether oxygens (including phenoxy) is 2. The first-order chi connectivity index (χ1) is 20.3.